The van der Waals surface area contributed by atoms with Crippen molar-refractivity contribution in [1.29, 1.82) is 0 Å². The Hall–Kier alpha value is -1.55. The van der Waals surface area contributed by atoms with Crippen LogP contribution in [-0.4, -0.2) is 30.9 Å². The first-order valence-electron chi connectivity index (χ1n) is 5.88. The molecule has 0 aliphatic heterocycles. The van der Waals surface area contributed by atoms with Crippen LogP contribution in [0.15, 0.2) is 24.3 Å². The summed E-state index contributed by atoms with van der Waals surface area (Å²) in [7, 11) is 1.80. The first kappa shape index (κ1) is 13.5. The summed E-state index contributed by atoms with van der Waals surface area (Å²) >= 11 is 0. The molecule has 0 aliphatic carbocycles. The minimum Gasteiger partial charge on any atom is -0.385 e. The van der Waals surface area contributed by atoms with E-state index in [1.807, 2.05) is 18.2 Å². The fourth-order valence-electron chi connectivity index (χ4n) is 1.50. The van der Waals surface area contributed by atoms with Crippen molar-refractivity contribution < 1.29 is 4.79 Å². The first-order valence-corrected chi connectivity index (χ1v) is 5.88. The van der Waals surface area contributed by atoms with Gasteiger partial charge < -0.3 is 16.0 Å². The van der Waals surface area contributed by atoms with Gasteiger partial charge in [-0.1, -0.05) is 12.1 Å². The monoisotopic (exact) mass is 235 g/mol. The van der Waals surface area contributed by atoms with E-state index >= 15 is 0 Å². The molecule has 4 heteroatoms. The molecule has 1 amide bonds. The van der Waals surface area contributed by atoms with Gasteiger partial charge in [0, 0.05) is 32.7 Å². The second kappa shape index (κ2) is 6.91. The molecule has 0 saturated heterocycles. The van der Waals surface area contributed by atoms with Gasteiger partial charge in [-0.05, 0) is 30.7 Å². The van der Waals surface area contributed by atoms with Gasteiger partial charge >= 0.3 is 0 Å². The van der Waals surface area contributed by atoms with E-state index < -0.39 is 0 Å². The molecule has 0 spiro atoms. The highest BCUT2D eigenvalue weighted by atomic mass is 16.2. The van der Waals surface area contributed by atoms with Crippen molar-refractivity contribution in [3.05, 3.63) is 29.8 Å². The van der Waals surface area contributed by atoms with Crippen LogP contribution in [0.2, 0.25) is 0 Å². The lowest BCUT2D eigenvalue weighted by Gasteiger charge is -2.15. The Morgan fingerprint density at radius 3 is 2.88 bits per heavy atom. The van der Waals surface area contributed by atoms with Crippen LogP contribution in [0.5, 0.6) is 0 Å². The van der Waals surface area contributed by atoms with Gasteiger partial charge in [0.2, 0.25) is 5.91 Å². The number of benzene rings is 1. The molecule has 94 valence electrons. The van der Waals surface area contributed by atoms with E-state index in [4.69, 9.17) is 5.73 Å². The lowest BCUT2D eigenvalue weighted by Crippen LogP contribution is -2.23. The average Bonchev–Trinajstić information content (AvgIpc) is 2.30. The lowest BCUT2D eigenvalue weighted by atomic mass is 10.2. The van der Waals surface area contributed by atoms with E-state index in [-0.39, 0.29) is 5.91 Å². The van der Waals surface area contributed by atoms with E-state index in [9.17, 15) is 4.79 Å². The molecular formula is C13H21N3O. The summed E-state index contributed by atoms with van der Waals surface area (Å²) in [6, 6.07) is 8.10. The first-order chi connectivity index (χ1) is 8.13. The molecule has 0 aromatic heterocycles. The minimum atomic E-state index is 0.0755. The van der Waals surface area contributed by atoms with Gasteiger partial charge in [-0.15, -0.1) is 0 Å². The molecule has 17 heavy (non-hydrogen) atoms. The predicted molar refractivity (Wildman–Crippen MR) is 70.8 cm³/mol. The van der Waals surface area contributed by atoms with Gasteiger partial charge in [0.25, 0.3) is 0 Å². The molecule has 4 nitrogen and oxygen atoms in total. The number of nitrogens with one attached hydrogen (secondary N) is 1. The maximum absolute atomic E-state index is 11.1. The van der Waals surface area contributed by atoms with Crippen LogP contribution >= 0.6 is 0 Å². The quantitative estimate of drug-likeness (QED) is 0.733. The number of amides is 1. The molecular weight excluding hydrogens is 214 g/mol. The highest BCUT2D eigenvalue weighted by Crippen LogP contribution is 2.12. The van der Waals surface area contributed by atoms with Crippen LogP contribution in [-0.2, 0) is 11.3 Å². The molecule has 1 aromatic rings. The summed E-state index contributed by atoms with van der Waals surface area (Å²) in [5.41, 5.74) is 7.64. The van der Waals surface area contributed by atoms with E-state index in [1.54, 1.807) is 18.9 Å². The Morgan fingerprint density at radius 1 is 1.47 bits per heavy atom. The maximum Gasteiger partial charge on any atom is 0.219 e. The van der Waals surface area contributed by atoms with Crippen molar-refractivity contribution >= 4 is 11.6 Å². The smallest absolute Gasteiger partial charge is 0.219 e. The zero-order valence-electron chi connectivity index (χ0n) is 10.6. The van der Waals surface area contributed by atoms with Gasteiger partial charge in [-0.3, -0.25) is 4.79 Å². The highest BCUT2D eigenvalue weighted by Gasteiger charge is 2.03. The Kier molecular flexibility index (Phi) is 5.49. The predicted octanol–water partition coefficient (Wildman–Crippen LogP) is 1.43. The number of hydrogen-bond acceptors (Lipinski definition) is 3. The van der Waals surface area contributed by atoms with Crippen LogP contribution < -0.4 is 11.1 Å². The van der Waals surface area contributed by atoms with E-state index in [0.717, 1.165) is 24.2 Å². The van der Waals surface area contributed by atoms with Gasteiger partial charge in [0.1, 0.15) is 0 Å². The number of hydrogen-bond donors (Lipinski definition) is 2. The number of carbonyl (C=O) groups excluding carboxylic acids is 1. The molecule has 0 aliphatic rings. The topological polar surface area (TPSA) is 58.4 Å². The Labute approximate surface area is 103 Å². The Bertz CT molecular complexity index is 365. The molecule has 0 heterocycles. The third-order valence-electron chi connectivity index (χ3n) is 2.59. The van der Waals surface area contributed by atoms with Crippen LogP contribution in [0.25, 0.3) is 0 Å². The van der Waals surface area contributed by atoms with Crippen molar-refractivity contribution in [3.8, 4) is 0 Å². The van der Waals surface area contributed by atoms with Gasteiger partial charge in [-0.25, -0.2) is 0 Å². The second-order valence-corrected chi connectivity index (χ2v) is 4.14. The Balaban J connectivity index is 2.56. The fraction of sp³-hybridized carbons (Fsp3) is 0.462. The van der Waals surface area contributed by atoms with E-state index in [2.05, 4.69) is 11.4 Å². The van der Waals surface area contributed by atoms with Crippen molar-refractivity contribution in [1.82, 2.24) is 4.90 Å². The molecule has 1 aromatic carbocycles. The summed E-state index contributed by atoms with van der Waals surface area (Å²) in [6.45, 7) is 3.79. The molecule has 0 atom stereocenters. The van der Waals surface area contributed by atoms with Crippen molar-refractivity contribution in [2.24, 2.45) is 5.73 Å². The molecule has 1 rings (SSSR count). The lowest BCUT2D eigenvalue weighted by molar-refractivity contribution is -0.128. The standard InChI is InChI=1S/C13H21N3O/c1-11(17)16(2)10-12-5-3-6-13(9-12)15-8-4-7-14/h3,5-6,9,15H,4,7-8,10,14H2,1-2H3. The third kappa shape index (κ3) is 4.87. The zero-order valence-corrected chi connectivity index (χ0v) is 10.6. The largest absolute Gasteiger partial charge is 0.385 e. The Morgan fingerprint density at radius 2 is 2.24 bits per heavy atom. The number of rotatable bonds is 6. The van der Waals surface area contributed by atoms with Crippen LogP contribution in [0.4, 0.5) is 5.69 Å². The van der Waals surface area contributed by atoms with Crippen LogP contribution in [0, 0.1) is 0 Å². The second-order valence-electron chi connectivity index (χ2n) is 4.14. The van der Waals surface area contributed by atoms with E-state index in [0.29, 0.717) is 13.1 Å². The molecule has 0 fully saturated rings. The zero-order chi connectivity index (χ0) is 12.7. The van der Waals surface area contributed by atoms with Gasteiger partial charge in [-0.2, -0.15) is 0 Å². The van der Waals surface area contributed by atoms with Crippen LogP contribution in [0.1, 0.15) is 18.9 Å². The normalized spacial score (nSPS) is 10.1. The van der Waals surface area contributed by atoms with Gasteiger partial charge in [0.05, 0.1) is 0 Å². The summed E-state index contributed by atoms with van der Waals surface area (Å²) in [4.78, 5) is 12.8. The molecule has 0 unspecified atom stereocenters. The SMILES string of the molecule is CC(=O)N(C)Cc1cccc(NCCCN)c1. The minimum absolute atomic E-state index is 0.0755. The number of carbonyl (C=O) groups is 1. The van der Waals surface area contributed by atoms with Crippen molar-refractivity contribution in [3.63, 3.8) is 0 Å². The molecule has 0 radical (unpaired) electrons. The summed E-state index contributed by atoms with van der Waals surface area (Å²) < 4.78 is 0. The highest BCUT2D eigenvalue weighted by molar-refractivity contribution is 5.72. The molecule has 0 saturated carbocycles. The average molecular weight is 235 g/mol. The summed E-state index contributed by atoms with van der Waals surface area (Å²) in [5, 5.41) is 3.30. The molecule has 0 bridgehead atoms. The number of nitrogens with two attached hydrogens (primary N) is 1. The summed E-state index contributed by atoms with van der Waals surface area (Å²) in [6.07, 6.45) is 0.956. The third-order valence-corrected chi connectivity index (χ3v) is 2.59. The van der Waals surface area contributed by atoms with Gasteiger partial charge in [0.15, 0.2) is 0 Å². The van der Waals surface area contributed by atoms with Crippen molar-refractivity contribution in [2.45, 2.75) is 19.9 Å². The maximum atomic E-state index is 11.1. The summed E-state index contributed by atoms with van der Waals surface area (Å²) in [5.74, 6) is 0.0755. The number of anilines is 1. The van der Waals surface area contributed by atoms with E-state index in [1.165, 1.54) is 0 Å². The van der Waals surface area contributed by atoms with Crippen molar-refractivity contribution in [2.75, 3.05) is 25.5 Å². The number of nitrogens with zero attached hydrogens (tertiary/aromatic N) is 1. The van der Waals surface area contributed by atoms with Crippen LogP contribution in [0.3, 0.4) is 0 Å². The fourth-order valence-corrected chi connectivity index (χ4v) is 1.50. The molecule has 3 N–H and O–H groups in total.